The van der Waals surface area contributed by atoms with Crippen molar-refractivity contribution in [3.8, 4) is 5.75 Å². The maximum Gasteiger partial charge on any atom is 0.410 e. The molecule has 0 spiro atoms. The van der Waals surface area contributed by atoms with Gasteiger partial charge in [0.05, 0.1) is 11.7 Å². The first kappa shape index (κ1) is 21.7. The Morgan fingerprint density at radius 3 is 2.75 bits per heavy atom. The fourth-order valence-electron chi connectivity index (χ4n) is 3.86. The average molecular weight is 456 g/mol. The largest absolute Gasteiger partial charge is 0.482 e. The van der Waals surface area contributed by atoms with Crippen LogP contribution in [0.4, 0.5) is 4.79 Å². The van der Waals surface area contributed by atoms with Gasteiger partial charge in [-0.05, 0) is 41.8 Å². The molecule has 1 aliphatic rings. The van der Waals surface area contributed by atoms with Crippen molar-refractivity contribution in [3.05, 3.63) is 82.1 Å². The molecule has 0 aliphatic carbocycles. The number of halogens is 1. The van der Waals surface area contributed by atoms with Crippen LogP contribution >= 0.6 is 11.6 Å². The first-order valence-corrected chi connectivity index (χ1v) is 10.4. The molecule has 0 fully saturated rings. The van der Waals surface area contributed by atoms with Crippen molar-refractivity contribution in [1.29, 1.82) is 0 Å². The van der Waals surface area contributed by atoms with Crippen LogP contribution in [0.25, 0.3) is 0 Å². The Labute approximate surface area is 189 Å². The van der Waals surface area contributed by atoms with E-state index in [9.17, 15) is 9.59 Å². The number of benzene rings is 2. The van der Waals surface area contributed by atoms with Gasteiger partial charge in [0.25, 0.3) is 0 Å². The number of ether oxygens (including phenoxy) is 2. The molecular weight excluding hydrogens is 434 g/mol. The summed E-state index contributed by atoms with van der Waals surface area (Å²) >= 11 is 6.28. The summed E-state index contributed by atoms with van der Waals surface area (Å²) in [4.78, 5) is 25.9. The summed E-state index contributed by atoms with van der Waals surface area (Å²) in [6.45, 7) is 0.00281. The van der Waals surface area contributed by atoms with Gasteiger partial charge < -0.3 is 14.6 Å². The molecule has 1 N–H and O–H groups in total. The van der Waals surface area contributed by atoms with Crippen LogP contribution in [0, 0.1) is 0 Å². The van der Waals surface area contributed by atoms with E-state index >= 15 is 0 Å². The SMILES string of the molecule is Cn1nccc1COC(=O)N1CCc2ccccc2[C@H]1c1cc(Cl)ccc1OCC(=O)O. The van der Waals surface area contributed by atoms with Crippen LogP contribution in [0.2, 0.25) is 5.02 Å². The standard InChI is InChI=1S/C23H22ClN3O5/c1-26-17(8-10-25-26)13-32-23(30)27-11-9-15-4-2-3-5-18(15)22(27)19-12-16(24)6-7-20(19)31-14-21(28)29/h2-8,10,12,22H,9,11,13-14H2,1H3,(H,28,29)/t22-/m0/s1. The van der Waals surface area contributed by atoms with E-state index in [1.54, 1.807) is 47.1 Å². The van der Waals surface area contributed by atoms with E-state index in [-0.39, 0.29) is 6.61 Å². The number of rotatable bonds is 6. The number of carbonyl (C=O) groups excluding carboxylic acids is 1. The molecule has 8 nitrogen and oxygen atoms in total. The van der Waals surface area contributed by atoms with Crippen LogP contribution in [-0.2, 0) is 29.6 Å². The molecular formula is C23H22ClN3O5. The Morgan fingerprint density at radius 2 is 2.00 bits per heavy atom. The third-order valence-corrected chi connectivity index (χ3v) is 5.64. The van der Waals surface area contributed by atoms with Gasteiger partial charge in [-0.3, -0.25) is 9.58 Å². The second kappa shape index (κ2) is 9.32. The molecule has 166 valence electrons. The average Bonchev–Trinajstić information content (AvgIpc) is 3.20. The van der Waals surface area contributed by atoms with Gasteiger partial charge in [-0.15, -0.1) is 0 Å². The zero-order valence-electron chi connectivity index (χ0n) is 17.4. The van der Waals surface area contributed by atoms with Crippen molar-refractivity contribution in [2.24, 2.45) is 7.05 Å². The normalized spacial score (nSPS) is 15.2. The molecule has 2 heterocycles. The number of aromatic nitrogens is 2. The molecule has 0 radical (unpaired) electrons. The number of carbonyl (C=O) groups is 2. The predicted octanol–water partition coefficient (Wildman–Crippen LogP) is 3.82. The van der Waals surface area contributed by atoms with Gasteiger partial charge in [-0.25, -0.2) is 9.59 Å². The molecule has 32 heavy (non-hydrogen) atoms. The Morgan fingerprint density at radius 1 is 1.19 bits per heavy atom. The van der Waals surface area contributed by atoms with E-state index in [4.69, 9.17) is 26.2 Å². The Hall–Kier alpha value is -3.52. The number of hydrogen-bond donors (Lipinski definition) is 1. The highest BCUT2D eigenvalue weighted by atomic mass is 35.5. The predicted molar refractivity (Wildman–Crippen MR) is 117 cm³/mol. The monoisotopic (exact) mass is 455 g/mol. The summed E-state index contributed by atoms with van der Waals surface area (Å²) in [6, 6.07) is 14.0. The second-order valence-electron chi connectivity index (χ2n) is 7.41. The quantitative estimate of drug-likeness (QED) is 0.607. The third kappa shape index (κ3) is 4.55. The third-order valence-electron chi connectivity index (χ3n) is 5.40. The maximum absolute atomic E-state index is 13.2. The lowest BCUT2D eigenvalue weighted by molar-refractivity contribution is -0.139. The highest BCUT2D eigenvalue weighted by molar-refractivity contribution is 6.30. The molecule has 1 aromatic heterocycles. The van der Waals surface area contributed by atoms with Gasteiger partial charge in [0.1, 0.15) is 12.4 Å². The van der Waals surface area contributed by atoms with Gasteiger partial charge >= 0.3 is 12.1 Å². The van der Waals surface area contributed by atoms with Crippen molar-refractivity contribution in [2.45, 2.75) is 19.1 Å². The first-order valence-electron chi connectivity index (χ1n) is 10.1. The zero-order valence-corrected chi connectivity index (χ0v) is 18.2. The number of nitrogens with zero attached hydrogens (tertiary/aromatic N) is 3. The Kier molecular flexibility index (Phi) is 6.32. The van der Waals surface area contributed by atoms with Crippen molar-refractivity contribution < 1.29 is 24.2 Å². The summed E-state index contributed by atoms with van der Waals surface area (Å²) in [5.74, 6) is -0.745. The van der Waals surface area contributed by atoms with E-state index in [0.717, 1.165) is 16.8 Å². The summed E-state index contributed by atoms with van der Waals surface area (Å²) in [5.41, 5.74) is 3.37. The first-order chi connectivity index (χ1) is 15.4. The fraction of sp³-hybridized carbons (Fsp3) is 0.261. The molecule has 1 atom stereocenters. The van der Waals surface area contributed by atoms with E-state index in [2.05, 4.69) is 5.10 Å². The van der Waals surface area contributed by atoms with Gasteiger partial charge in [-0.2, -0.15) is 5.10 Å². The topological polar surface area (TPSA) is 93.9 Å². The molecule has 0 saturated carbocycles. The molecule has 4 rings (SSSR count). The van der Waals surface area contributed by atoms with Crippen molar-refractivity contribution >= 4 is 23.7 Å². The van der Waals surface area contributed by atoms with Crippen molar-refractivity contribution in [1.82, 2.24) is 14.7 Å². The Balaban J connectivity index is 1.70. The molecule has 0 unspecified atom stereocenters. The molecule has 1 amide bonds. The lowest BCUT2D eigenvalue weighted by Crippen LogP contribution is -2.41. The van der Waals surface area contributed by atoms with Crippen LogP contribution in [0.5, 0.6) is 5.75 Å². The summed E-state index contributed by atoms with van der Waals surface area (Å²) in [5, 5.41) is 13.6. The second-order valence-corrected chi connectivity index (χ2v) is 7.85. The minimum absolute atomic E-state index is 0.0815. The van der Waals surface area contributed by atoms with Crippen LogP contribution in [0.15, 0.2) is 54.7 Å². The highest BCUT2D eigenvalue weighted by Crippen LogP contribution is 2.40. The molecule has 0 saturated heterocycles. The number of aryl methyl sites for hydroxylation is 1. The molecule has 3 aromatic rings. The van der Waals surface area contributed by atoms with Crippen LogP contribution in [0.1, 0.15) is 28.4 Å². The number of aliphatic carboxylic acids is 1. The molecule has 0 bridgehead atoms. The molecule has 9 heteroatoms. The minimum Gasteiger partial charge on any atom is -0.482 e. The van der Waals surface area contributed by atoms with Gasteiger partial charge in [-0.1, -0.05) is 35.9 Å². The number of hydrogen-bond acceptors (Lipinski definition) is 5. The number of amides is 1. The number of carboxylic acids is 1. The minimum atomic E-state index is -1.10. The van der Waals surface area contributed by atoms with E-state index < -0.39 is 24.7 Å². The van der Waals surface area contributed by atoms with Crippen molar-refractivity contribution in [3.63, 3.8) is 0 Å². The van der Waals surface area contributed by atoms with Crippen LogP contribution in [-0.4, -0.2) is 45.0 Å². The van der Waals surface area contributed by atoms with Gasteiger partial charge in [0.15, 0.2) is 6.61 Å². The molecule has 2 aromatic carbocycles. The smallest absolute Gasteiger partial charge is 0.410 e. The number of carboxylic acid groups (broad SMARTS) is 1. The zero-order chi connectivity index (χ0) is 22.7. The van der Waals surface area contributed by atoms with Gasteiger partial charge in [0, 0.05) is 30.4 Å². The lowest BCUT2D eigenvalue weighted by atomic mass is 9.88. The van der Waals surface area contributed by atoms with Crippen LogP contribution in [0.3, 0.4) is 0 Å². The fourth-order valence-corrected chi connectivity index (χ4v) is 4.04. The van der Waals surface area contributed by atoms with E-state index in [1.807, 2.05) is 24.3 Å². The molecule has 1 aliphatic heterocycles. The highest BCUT2D eigenvalue weighted by Gasteiger charge is 2.35. The van der Waals surface area contributed by atoms with Gasteiger partial charge in [0.2, 0.25) is 0 Å². The van der Waals surface area contributed by atoms with Crippen LogP contribution < -0.4 is 4.74 Å². The maximum atomic E-state index is 13.2. The lowest BCUT2D eigenvalue weighted by Gasteiger charge is -2.37. The summed E-state index contributed by atoms with van der Waals surface area (Å²) in [7, 11) is 1.78. The van der Waals surface area contributed by atoms with Crippen molar-refractivity contribution in [2.75, 3.05) is 13.2 Å². The van der Waals surface area contributed by atoms with E-state index in [0.29, 0.717) is 29.3 Å². The van der Waals surface area contributed by atoms with E-state index in [1.165, 1.54) is 0 Å². The summed E-state index contributed by atoms with van der Waals surface area (Å²) < 4.78 is 12.8. The Bertz CT molecular complexity index is 1150. The summed E-state index contributed by atoms with van der Waals surface area (Å²) in [6.07, 6.45) is 1.82. The number of fused-ring (bicyclic) bond motifs is 1.